The van der Waals surface area contributed by atoms with Crippen molar-refractivity contribution in [2.75, 3.05) is 19.5 Å². The van der Waals surface area contributed by atoms with Crippen molar-refractivity contribution in [3.8, 4) is 11.5 Å². The van der Waals surface area contributed by atoms with Crippen LogP contribution < -0.4 is 14.8 Å². The van der Waals surface area contributed by atoms with Gasteiger partial charge in [-0.05, 0) is 12.1 Å². The van der Waals surface area contributed by atoms with Gasteiger partial charge in [0, 0.05) is 0 Å². The van der Waals surface area contributed by atoms with E-state index in [9.17, 15) is 4.79 Å². The van der Waals surface area contributed by atoms with E-state index >= 15 is 0 Å². The lowest BCUT2D eigenvalue weighted by molar-refractivity contribution is 0.209. The van der Waals surface area contributed by atoms with Crippen LogP contribution in [0.5, 0.6) is 11.5 Å². The molecule has 5 heteroatoms. The molecule has 76 valence electrons. The lowest BCUT2D eigenvalue weighted by Gasteiger charge is -2.11. The van der Waals surface area contributed by atoms with Crippen LogP contribution >= 0.6 is 0 Å². The molecule has 1 aromatic rings. The second-order valence-electron chi connectivity index (χ2n) is 2.47. The SMILES string of the molecule is COc1cccc(OC)c1NC(=O)O. The summed E-state index contributed by atoms with van der Waals surface area (Å²) in [5.74, 6) is 0.846. The Labute approximate surface area is 81.3 Å². The Morgan fingerprint density at radius 1 is 1.29 bits per heavy atom. The molecule has 0 bridgehead atoms. The topological polar surface area (TPSA) is 67.8 Å². The third-order valence-corrected chi connectivity index (χ3v) is 1.66. The summed E-state index contributed by atoms with van der Waals surface area (Å²) in [6, 6.07) is 5.01. The maximum absolute atomic E-state index is 10.5. The van der Waals surface area contributed by atoms with E-state index in [1.54, 1.807) is 18.2 Å². The van der Waals surface area contributed by atoms with Crippen LogP contribution in [-0.2, 0) is 0 Å². The minimum atomic E-state index is -1.16. The monoisotopic (exact) mass is 197 g/mol. The summed E-state index contributed by atoms with van der Waals surface area (Å²) in [5.41, 5.74) is 0.310. The molecule has 0 aromatic heterocycles. The molecule has 0 spiro atoms. The Morgan fingerprint density at radius 2 is 1.79 bits per heavy atom. The van der Waals surface area contributed by atoms with Crippen molar-refractivity contribution < 1.29 is 19.4 Å². The first-order chi connectivity index (χ1) is 6.69. The zero-order valence-corrected chi connectivity index (χ0v) is 7.90. The summed E-state index contributed by atoms with van der Waals surface area (Å²) < 4.78 is 9.97. The second kappa shape index (κ2) is 4.36. The lowest BCUT2D eigenvalue weighted by Crippen LogP contribution is -2.09. The Bertz CT molecular complexity index is 315. The highest BCUT2D eigenvalue weighted by molar-refractivity contribution is 5.87. The fraction of sp³-hybridized carbons (Fsp3) is 0.222. The van der Waals surface area contributed by atoms with Gasteiger partial charge >= 0.3 is 6.09 Å². The van der Waals surface area contributed by atoms with Crippen LogP contribution in [0.25, 0.3) is 0 Å². The number of methoxy groups -OCH3 is 2. The van der Waals surface area contributed by atoms with Gasteiger partial charge in [-0.25, -0.2) is 4.79 Å². The van der Waals surface area contributed by atoms with Crippen LogP contribution in [0, 0.1) is 0 Å². The number of hydrogen-bond donors (Lipinski definition) is 2. The molecule has 0 radical (unpaired) electrons. The zero-order chi connectivity index (χ0) is 10.6. The first kappa shape index (κ1) is 10.2. The van der Waals surface area contributed by atoms with E-state index in [0.29, 0.717) is 17.2 Å². The molecule has 0 saturated heterocycles. The van der Waals surface area contributed by atoms with Gasteiger partial charge in [0.15, 0.2) is 0 Å². The normalized spacial score (nSPS) is 9.29. The Balaban J connectivity index is 3.12. The van der Waals surface area contributed by atoms with Gasteiger partial charge in [-0.3, -0.25) is 5.32 Å². The van der Waals surface area contributed by atoms with Crippen LogP contribution in [0.3, 0.4) is 0 Å². The molecule has 0 aliphatic heterocycles. The van der Waals surface area contributed by atoms with Gasteiger partial charge in [-0.15, -0.1) is 0 Å². The molecular formula is C9H11NO4. The molecule has 1 rings (SSSR count). The average Bonchev–Trinajstić information content (AvgIpc) is 2.17. The molecule has 0 heterocycles. The smallest absolute Gasteiger partial charge is 0.409 e. The average molecular weight is 197 g/mol. The summed E-state index contributed by atoms with van der Waals surface area (Å²) >= 11 is 0. The summed E-state index contributed by atoms with van der Waals surface area (Å²) in [7, 11) is 2.92. The van der Waals surface area contributed by atoms with E-state index < -0.39 is 6.09 Å². The molecule has 0 saturated carbocycles. The molecule has 0 unspecified atom stereocenters. The number of ether oxygens (including phenoxy) is 2. The van der Waals surface area contributed by atoms with Crippen LogP contribution in [0.15, 0.2) is 18.2 Å². The molecule has 0 aliphatic rings. The minimum Gasteiger partial charge on any atom is -0.494 e. The Morgan fingerprint density at radius 3 is 2.14 bits per heavy atom. The Kier molecular flexibility index (Phi) is 3.17. The van der Waals surface area contributed by atoms with E-state index in [1.807, 2.05) is 0 Å². The van der Waals surface area contributed by atoms with Crippen molar-refractivity contribution in [1.82, 2.24) is 0 Å². The summed E-state index contributed by atoms with van der Waals surface area (Å²) in [4.78, 5) is 10.5. The lowest BCUT2D eigenvalue weighted by atomic mass is 10.2. The quantitative estimate of drug-likeness (QED) is 0.775. The number of nitrogens with one attached hydrogen (secondary N) is 1. The molecular weight excluding hydrogens is 186 g/mol. The number of carbonyl (C=O) groups is 1. The fourth-order valence-electron chi connectivity index (χ4n) is 1.08. The predicted octanol–water partition coefficient (Wildman–Crippen LogP) is 1.79. The van der Waals surface area contributed by atoms with Gasteiger partial charge in [-0.1, -0.05) is 6.07 Å². The molecule has 0 fully saturated rings. The third-order valence-electron chi connectivity index (χ3n) is 1.66. The van der Waals surface area contributed by atoms with Crippen molar-refractivity contribution >= 4 is 11.8 Å². The molecule has 0 aliphatic carbocycles. The molecule has 0 atom stereocenters. The van der Waals surface area contributed by atoms with Crippen molar-refractivity contribution in [3.05, 3.63) is 18.2 Å². The largest absolute Gasteiger partial charge is 0.494 e. The van der Waals surface area contributed by atoms with Crippen molar-refractivity contribution in [1.29, 1.82) is 0 Å². The van der Waals surface area contributed by atoms with Crippen molar-refractivity contribution in [2.45, 2.75) is 0 Å². The number of para-hydroxylation sites is 1. The third kappa shape index (κ3) is 2.07. The summed E-state index contributed by atoms with van der Waals surface area (Å²) in [6.07, 6.45) is -1.16. The molecule has 5 nitrogen and oxygen atoms in total. The molecule has 1 amide bonds. The highest BCUT2D eigenvalue weighted by Crippen LogP contribution is 2.33. The molecule has 2 N–H and O–H groups in total. The van der Waals surface area contributed by atoms with Gasteiger partial charge in [-0.2, -0.15) is 0 Å². The minimum absolute atomic E-state index is 0.310. The molecule has 14 heavy (non-hydrogen) atoms. The van der Waals surface area contributed by atoms with E-state index in [2.05, 4.69) is 5.32 Å². The summed E-state index contributed by atoms with van der Waals surface area (Å²) in [5, 5.41) is 10.8. The number of amides is 1. The van der Waals surface area contributed by atoms with Crippen LogP contribution in [0.1, 0.15) is 0 Å². The zero-order valence-electron chi connectivity index (χ0n) is 7.90. The van der Waals surface area contributed by atoms with Gasteiger partial charge in [0.2, 0.25) is 0 Å². The van der Waals surface area contributed by atoms with E-state index in [1.165, 1.54) is 14.2 Å². The fourth-order valence-corrected chi connectivity index (χ4v) is 1.08. The highest BCUT2D eigenvalue weighted by atomic mass is 16.5. The van der Waals surface area contributed by atoms with Gasteiger partial charge in [0.05, 0.1) is 14.2 Å². The van der Waals surface area contributed by atoms with Crippen molar-refractivity contribution in [3.63, 3.8) is 0 Å². The van der Waals surface area contributed by atoms with Gasteiger partial charge < -0.3 is 14.6 Å². The summed E-state index contributed by atoms with van der Waals surface area (Å²) in [6.45, 7) is 0. The Hall–Kier alpha value is -1.91. The van der Waals surface area contributed by atoms with Gasteiger partial charge in [0.25, 0.3) is 0 Å². The molecule has 1 aromatic carbocycles. The van der Waals surface area contributed by atoms with E-state index in [4.69, 9.17) is 14.6 Å². The number of carboxylic acid groups (broad SMARTS) is 1. The number of rotatable bonds is 3. The standard InChI is InChI=1S/C9H11NO4/c1-13-6-4-3-5-7(14-2)8(6)10-9(11)12/h3-5,10H,1-2H3,(H,11,12). The van der Waals surface area contributed by atoms with Crippen LogP contribution in [0.4, 0.5) is 10.5 Å². The van der Waals surface area contributed by atoms with Crippen molar-refractivity contribution in [2.24, 2.45) is 0 Å². The van der Waals surface area contributed by atoms with Crippen LogP contribution in [-0.4, -0.2) is 25.4 Å². The maximum atomic E-state index is 10.5. The predicted molar refractivity (Wildman–Crippen MR) is 51.2 cm³/mol. The highest BCUT2D eigenvalue weighted by Gasteiger charge is 2.11. The number of hydrogen-bond acceptors (Lipinski definition) is 3. The number of anilines is 1. The first-order valence-corrected chi connectivity index (χ1v) is 3.90. The second-order valence-corrected chi connectivity index (χ2v) is 2.47. The maximum Gasteiger partial charge on any atom is 0.409 e. The van der Waals surface area contributed by atoms with Crippen LogP contribution in [0.2, 0.25) is 0 Å². The van der Waals surface area contributed by atoms with E-state index in [0.717, 1.165) is 0 Å². The van der Waals surface area contributed by atoms with Gasteiger partial charge in [0.1, 0.15) is 17.2 Å². The first-order valence-electron chi connectivity index (χ1n) is 3.90. The van der Waals surface area contributed by atoms with E-state index in [-0.39, 0.29) is 0 Å². The number of benzene rings is 1.